The lowest BCUT2D eigenvalue weighted by Gasteiger charge is -2.13. The van der Waals surface area contributed by atoms with E-state index < -0.39 is 0 Å². The van der Waals surface area contributed by atoms with E-state index in [1.807, 2.05) is 57.2 Å². The lowest BCUT2D eigenvalue weighted by Crippen LogP contribution is -2.15. The van der Waals surface area contributed by atoms with E-state index in [0.29, 0.717) is 103 Å². The van der Waals surface area contributed by atoms with Crippen LogP contribution in [0.1, 0.15) is 52.6 Å². The fourth-order valence-corrected chi connectivity index (χ4v) is 9.95. The Morgan fingerprint density at radius 3 is 0.929 bits per heavy atom. The molecule has 3 aliphatic rings. The summed E-state index contributed by atoms with van der Waals surface area (Å²) in [5.74, 6) is -0.919. The third-order valence-corrected chi connectivity index (χ3v) is 15.1. The van der Waals surface area contributed by atoms with Gasteiger partial charge >= 0.3 is 0 Å². The summed E-state index contributed by atoms with van der Waals surface area (Å²) in [6, 6.07) is 29.2. The van der Waals surface area contributed by atoms with Gasteiger partial charge < -0.3 is 33.2 Å². The van der Waals surface area contributed by atoms with Gasteiger partial charge in [-0.1, -0.05) is 0 Å². The lowest BCUT2D eigenvalue weighted by molar-refractivity contribution is -0.118. The van der Waals surface area contributed by atoms with Gasteiger partial charge in [-0.15, -0.1) is 0 Å². The lowest BCUT2D eigenvalue weighted by atomic mass is 9.94. The molecule has 0 bridgehead atoms. The first kappa shape index (κ1) is 55.4. The van der Waals surface area contributed by atoms with Gasteiger partial charge in [0.15, 0.2) is 0 Å². The second kappa shape index (κ2) is 23.1. The zero-order valence-electron chi connectivity index (χ0n) is 45.3. The summed E-state index contributed by atoms with van der Waals surface area (Å²) in [5, 5.41) is 68.1. The van der Waals surface area contributed by atoms with E-state index in [9.17, 15) is 30.2 Å². The van der Waals surface area contributed by atoms with Crippen LogP contribution in [0, 0.1) is 124 Å². The molecular weight excluding hydrogens is 1060 g/mol. The Labute approximate surface area is 480 Å². The normalized spacial score (nSPS) is 17.5. The van der Waals surface area contributed by atoms with Crippen molar-refractivity contribution in [3.05, 3.63) is 144 Å². The smallest absolute Gasteiger partial charge is 0.230 e. The van der Waals surface area contributed by atoms with Crippen molar-refractivity contribution in [1.82, 2.24) is 29.9 Å². The molecule has 3 saturated carbocycles. The minimum Gasteiger partial charge on any atom is -0.397 e. The Balaban J connectivity index is 0.000000140. The van der Waals surface area contributed by atoms with E-state index in [-0.39, 0.29) is 53.2 Å². The molecule has 3 amide bonds. The maximum atomic E-state index is 12.2. The van der Waals surface area contributed by atoms with Crippen molar-refractivity contribution in [2.75, 3.05) is 33.2 Å². The molecule has 12 rings (SSSR count). The number of benzene rings is 3. The maximum absolute atomic E-state index is 12.2. The maximum Gasteiger partial charge on any atom is 0.230 e. The summed E-state index contributed by atoms with van der Waals surface area (Å²) in [6.45, 7) is 5.83. The molecule has 6 heterocycles. The number of hydrogen-bond donors (Lipinski definition) is 6. The molecule has 408 valence electrons. The van der Waals surface area contributed by atoms with Crippen LogP contribution in [0.5, 0.6) is 0 Å². The summed E-state index contributed by atoms with van der Waals surface area (Å²) < 4.78 is 0. The number of carbonyl (C=O) groups is 3. The molecule has 84 heavy (non-hydrogen) atoms. The fraction of sp³-hybridized carbons (Fsp3) is 0.190. The van der Waals surface area contributed by atoms with E-state index >= 15 is 0 Å². The summed E-state index contributed by atoms with van der Waals surface area (Å²) in [6.07, 6.45) is 16.6. The first-order valence-electron chi connectivity index (χ1n) is 26.3. The van der Waals surface area contributed by atoms with Crippen LogP contribution in [0.25, 0.3) is 65.7 Å². The molecule has 0 saturated heterocycles. The van der Waals surface area contributed by atoms with Crippen LogP contribution in [0.2, 0.25) is 0 Å². The predicted molar refractivity (Wildman–Crippen MR) is 314 cm³/mol. The molecular formula is C63H48N18O3. The number of nitrogens with zero attached hydrogens (tertiary/aromatic N) is 12. The molecule has 6 atom stereocenters. The Bertz CT molecular complexity index is 4070. The molecule has 3 aliphatic carbocycles. The second-order valence-electron chi connectivity index (χ2n) is 20.6. The number of rotatable bonds is 9. The molecule has 21 heteroatoms. The molecule has 3 fully saturated rings. The van der Waals surface area contributed by atoms with Gasteiger partial charge in [-0.05, 0) is 127 Å². The van der Waals surface area contributed by atoms with Crippen LogP contribution < -0.4 is 33.2 Å². The molecule has 0 radical (unpaired) electrons. The number of nitrogens with two attached hydrogens (primary N) is 3. The average Bonchev–Trinajstić information content (AvgIpc) is 4.42. The number of amides is 3. The third-order valence-electron chi connectivity index (χ3n) is 15.1. The van der Waals surface area contributed by atoms with Crippen molar-refractivity contribution in [3.63, 3.8) is 0 Å². The molecule has 3 aromatic carbocycles. The van der Waals surface area contributed by atoms with E-state index in [1.165, 1.54) is 0 Å². The van der Waals surface area contributed by atoms with Crippen molar-refractivity contribution in [3.8, 4) is 69.8 Å². The predicted octanol–water partition coefficient (Wildman–Crippen LogP) is 9.47. The van der Waals surface area contributed by atoms with Gasteiger partial charge in [0.2, 0.25) is 17.7 Å². The molecule has 0 aliphatic heterocycles. The minimum absolute atomic E-state index is 0.205. The Kier molecular flexibility index (Phi) is 15.2. The Hall–Kier alpha value is -11.9. The number of anilines is 6. The van der Waals surface area contributed by atoms with E-state index in [4.69, 9.17) is 33.0 Å². The number of nitrogen functional groups attached to an aromatic ring is 3. The van der Waals surface area contributed by atoms with Crippen LogP contribution in [0.4, 0.5) is 34.5 Å². The average molecular weight is 1110 g/mol. The number of hydrogen-bond acceptors (Lipinski definition) is 18. The van der Waals surface area contributed by atoms with Crippen molar-refractivity contribution in [1.29, 1.82) is 31.6 Å². The van der Waals surface area contributed by atoms with Crippen LogP contribution in [-0.4, -0.2) is 47.6 Å². The van der Waals surface area contributed by atoms with Crippen LogP contribution in [-0.2, 0) is 14.4 Å². The van der Waals surface area contributed by atoms with Gasteiger partial charge in [0, 0.05) is 105 Å². The SMILES string of the molecule is Cc1ccncc1-c1cc2cc(NC(=O)C3CC3C#N)ncc2c(N)c1C#N.Cc1ccncc1-c1cc2cc(NC(=O)[C@@H]3C[C@H]3C#N)ncc2c(N)c1C#N.Cc1ccncc1-c1cc2cc(NC(=O)[C@H]3C[C@@H]3C#N)ncc2c(N)c1C#N. The van der Waals surface area contributed by atoms with Crippen LogP contribution in [0.3, 0.4) is 0 Å². The van der Waals surface area contributed by atoms with Gasteiger partial charge in [0.05, 0.1) is 87.5 Å². The molecule has 9 aromatic rings. The Morgan fingerprint density at radius 2 is 0.702 bits per heavy atom. The monoisotopic (exact) mass is 1100 g/mol. The van der Waals surface area contributed by atoms with Gasteiger partial charge in [0.25, 0.3) is 0 Å². The van der Waals surface area contributed by atoms with Crippen LogP contribution in [0.15, 0.2) is 110 Å². The highest BCUT2D eigenvalue weighted by atomic mass is 16.2. The van der Waals surface area contributed by atoms with Crippen molar-refractivity contribution in [2.24, 2.45) is 35.5 Å². The summed E-state index contributed by atoms with van der Waals surface area (Å²) in [7, 11) is 0. The molecule has 9 N–H and O–H groups in total. The quantitative estimate of drug-likeness (QED) is 0.0732. The highest BCUT2D eigenvalue weighted by molar-refractivity contribution is 6.06. The van der Waals surface area contributed by atoms with E-state index in [1.54, 1.807) is 74.0 Å². The van der Waals surface area contributed by atoms with E-state index in [0.717, 1.165) is 49.5 Å². The first-order valence-corrected chi connectivity index (χ1v) is 26.3. The fourth-order valence-electron chi connectivity index (χ4n) is 9.95. The van der Waals surface area contributed by atoms with E-state index in [2.05, 4.69) is 82.3 Å². The highest BCUT2D eigenvalue weighted by Crippen LogP contribution is 2.43. The largest absolute Gasteiger partial charge is 0.397 e. The zero-order chi connectivity index (χ0) is 59.5. The molecule has 6 aromatic heterocycles. The van der Waals surface area contributed by atoms with Crippen molar-refractivity contribution in [2.45, 2.75) is 40.0 Å². The number of nitrogens with one attached hydrogen (secondary N) is 3. The Morgan fingerprint density at radius 1 is 0.429 bits per heavy atom. The van der Waals surface area contributed by atoms with Crippen molar-refractivity contribution >= 4 is 84.6 Å². The minimum atomic E-state index is -0.276. The summed E-state index contributed by atoms with van der Waals surface area (Å²) in [4.78, 5) is 61.8. The second-order valence-corrected chi connectivity index (χ2v) is 20.6. The molecule has 0 spiro atoms. The molecule has 2 unspecified atom stereocenters. The number of carbonyl (C=O) groups excluding carboxylic acids is 3. The van der Waals surface area contributed by atoms with Gasteiger partial charge in [-0.3, -0.25) is 29.3 Å². The number of nitriles is 6. The van der Waals surface area contributed by atoms with Gasteiger partial charge in [-0.25, -0.2) is 15.0 Å². The zero-order valence-corrected chi connectivity index (χ0v) is 45.3. The van der Waals surface area contributed by atoms with Crippen molar-refractivity contribution < 1.29 is 14.4 Å². The van der Waals surface area contributed by atoms with Gasteiger partial charge in [-0.2, -0.15) is 31.6 Å². The number of aromatic nitrogens is 6. The number of pyridine rings is 6. The first-order chi connectivity index (χ1) is 40.6. The molecule has 21 nitrogen and oxygen atoms in total. The third kappa shape index (κ3) is 11.0. The topological polar surface area (TPSA) is 385 Å². The van der Waals surface area contributed by atoms with Crippen LogP contribution >= 0.6 is 0 Å². The standard InChI is InChI=1S/3C21H16N6O/c3*1-11-2-3-25-9-17(11)15-4-12-6-19(27-21(28)14-5-13(14)7-22)26-10-18(12)20(24)16(15)8-23/h3*2-4,6,9-10,13-14H,5,24H2,1H3,(H,26,27,28)/t2*13-,14+;/m10./s1. The number of fused-ring (bicyclic) bond motifs is 3. The van der Waals surface area contributed by atoms with Gasteiger partial charge in [0.1, 0.15) is 35.7 Å². The summed E-state index contributed by atoms with van der Waals surface area (Å²) >= 11 is 0. The summed E-state index contributed by atoms with van der Waals surface area (Å²) in [5.41, 5.74) is 28.4. The number of aryl methyl sites for hydroxylation is 3. The highest BCUT2D eigenvalue weighted by Gasteiger charge is 2.45.